The van der Waals surface area contributed by atoms with Crippen LogP contribution < -0.4 is 0 Å². The number of carbonyl (C=O) groups is 1. The molecule has 0 saturated heterocycles. The van der Waals surface area contributed by atoms with Crippen molar-refractivity contribution in [1.82, 2.24) is 0 Å². The molecule has 28 heavy (non-hydrogen) atoms. The molecule has 1 aliphatic carbocycles. The van der Waals surface area contributed by atoms with Gasteiger partial charge in [-0.3, -0.25) is 0 Å². The van der Waals surface area contributed by atoms with Crippen LogP contribution in [0.3, 0.4) is 0 Å². The summed E-state index contributed by atoms with van der Waals surface area (Å²) in [4.78, 5) is 11.0. The van der Waals surface area contributed by atoms with Gasteiger partial charge in [-0.1, -0.05) is 6.58 Å². The van der Waals surface area contributed by atoms with E-state index >= 15 is 0 Å². The van der Waals surface area contributed by atoms with Crippen LogP contribution in [0.2, 0.25) is 0 Å². The van der Waals surface area contributed by atoms with Gasteiger partial charge in [-0.25, -0.2) is 18.0 Å². The zero-order chi connectivity index (χ0) is 22.6. The lowest BCUT2D eigenvalue weighted by Gasteiger charge is -2.53. The van der Waals surface area contributed by atoms with Gasteiger partial charge in [0.2, 0.25) is 11.3 Å². The smallest absolute Gasteiger partial charge is 0.379 e. The van der Waals surface area contributed by atoms with Crippen molar-refractivity contribution in [3.63, 3.8) is 0 Å². The van der Waals surface area contributed by atoms with Crippen molar-refractivity contribution in [1.29, 1.82) is 0 Å². The summed E-state index contributed by atoms with van der Waals surface area (Å²) in [6.45, 7) is -4.36. The van der Waals surface area contributed by atoms with E-state index in [9.17, 15) is 58.2 Å². The summed E-state index contributed by atoms with van der Waals surface area (Å²) in [5.41, 5.74) is -11.7. The molecule has 164 valence electrons. The number of aliphatic hydroxyl groups is 2. The molecular formula is C13H11F11O4. The first-order valence-electron chi connectivity index (χ1n) is 6.91. The zero-order valence-electron chi connectivity index (χ0n) is 13.3. The lowest BCUT2D eigenvalue weighted by atomic mass is 9.69. The number of ether oxygens (including phenoxy) is 1. The van der Waals surface area contributed by atoms with Crippen LogP contribution in [0.15, 0.2) is 12.7 Å². The van der Waals surface area contributed by atoms with Crippen molar-refractivity contribution in [2.24, 2.45) is 0 Å². The topological polar surface area (TPSA) is 66.8 Å². The summed E-state index contributed by atoms with van der Waals surface area (Å²) in [5.74, 6) is -35.6. The third-order valence-corrected chi connectivity index (χ3v) is 4.24. The highest BCUT2D eigenvalue weighted by atomic mass is 19.3. The van der Waals surface area contributed by atoms with E-state index in [1.54, 1.807) is 0 Å². The number of hydrogen-bond acceptors (Lipinski definition) is 4. The molecule has 0 spiro atoms. The Labute approximate surface area is 148 Å². The molecule has 4 unspecified atom stereocenters. The molecule has 4 nitrogen and oxygen atoms in total. The molecule has 0 aromatic carbocycles. The van der Waals surface area contributed by atoms with Gasteiger partial charge in [0, 0.05) is 6.08 Å². The highest BCUT2D eigenvalue weighted by molar-refractivity contribution is 5.81. The molecule has 1 rings (SSSR count). The first-order chi connectivity index (χ1) is 12.3. The minimum atomic E-state index is -7.08. The van der Waals surface area contributed by atoms with Crippen molar-refractivity contribution in [2.75, 3.05) is 13.3 Å². The second kappa shape index (κ2) is 6.43. The third-order valence-electron chi connectivity index (χ3n) is 4.24. The number of alkyl halides is 11. The first kappa shape index (κ1) is 24.4. The Kier molecular flexibility index (Phi) is 5.61. The number of rotatable bonds is 4. The van der Waals surface area contributed by atoms with E-state index in [0.29, 0.717) is 0 Å². The van der Waals surface area contributed by atoms with Crippen molar-refractivity contribution in [2.45, 2.75) is 47.2 Å². The lowest BCUT2D eigenvalue weighted by Crippen LogP contribution is -2.82. The second-order valence-electron chi connectivity index (χ2n) is 5.97. The van der Waals surface area contributed by atoms with Crippen LogP contribution in [0.1, 0.15) is 6.42 Å². The van der Waals surface area contributed by atoms with Crippen molar-refractivity contribution in [3.8, 4) is 0 Å². The normalized spacial score (nSPS) is 42.2. The average Bonchev–Trinajstić information content (AvgIpc) is 2.58. The number of hydrogen-bond donors (Lipinski definition) is 2. The maximum Gasteiger partial charge on any atom is 0.379 e. The second-order valence-corrected chi connectivity index (χ2v) is 5.97. The standard InChI is InChI=1S/C13H11F11O4/c1-2-6(25)28-9(17)3-7(16,4-14)10(18,19)8(26,5-15)11(20,21)13(24,27)12(9,22)23/h2,26-27H,1,3-5H2. The van der Waals surface area contributed by atoms with Gasteiger partial charge in [0.1, 0.15) is 13.3 Å². The quantitative estimate of drug-likeness (QED) is 0.401. The monoisotopic (exact) mass is 440 g/mol. The molecule has 1 saturated carbocycles. The number of halogens is 11. The summed E-state index contributed by atoms with van der Waals surface area (Å²) >= 11 is 0. The minimum absolute atomic E-state index is 0.170. The fraction of sp³-hybridized carbons (Fsp3) is 0.769. The Morgan fingerprint density at radius 2 is 1.36 bits per heavy atom. The number of esters is 1. The molecule has 0 amide bonds. The summed E-state index contributed by atoms with van der Waals surface area (Å²) in [7, 11) is 0. The van der Waals surface area contributed by atoms with Gasteiger partial charge >= 0.3 is 35.4 Å². The SMILES string of the molecule is C=CC(=O)OC1(F)CC(F)(CF)C(F)(F)C(O)(CF)C(F)(F)C(O)(F)C1(F)F. The Morgan fingerprint density at radius 1 is 0.893 bits per heavy atom. The van der Waals surface area contributed by atoms with E-state index in [-0.39, 0.29) is 6.08 Å². The van der Waals surface area contributed by atoms with Gasteiger partial charge in [0.05, 0.1) is 6.42 Å². The Bertz CT molecular complexity index is 654. The molecule has 0 aromatic heterocycles. The molecule has 0 heterocycles. The lowest BCUT2D eigenvalue weighted by molar-refractivity contribution is -0.468. The van der Waals surface area contributed by atoms with Crippen LogP contribution in [0.4, 0.5) is 48.3 Å². The van der Waals surface area contributed by atoms with Gasteiger partial charge < -0.3 is 14.9 Å². The predicted molar refractivity (Wildman–Crippen MR) is 66.4 cm³/mol. The van der Waals surface area contributed by atoms with Crippen LogP contribution in [0.25, 0.3) is 0 Å². The van der Waals surface area contributed by atoms with Crippen molar-refractivity contribution < 1.29 is 68.0 Å². The predicted octanol–water partition coefficient (Wildman–Crippen LogP) is 2.73. The Morgan fingerprint density at radius 3 is 1.71 bits per heavy atom. The molecule has 0 aromatic rings. The van der Waals surface area contributed by atoms with Crippen LogP contribution in [-0.4, -0.2) is 70.3 Å². The fourth-order valence-electron chi connectivity index (χ4n) is 2.47. The van der Waals surface area contributed by atoms with Crippen LogP contribution in [0, 0.1) is 0 Å². The van der Waals surface area contributed by atoms with E-state index in [2.05, 4.69) is 11.3 Å². The molecule has 2 N–H and O–H groups in total. The van der Waals surface area contributed by atoms with Gasteiger partial charge in [0.25, 0.3) is 0 Å². The maximum atomic E-state index is 14.6. The average molecular weight is 440 g/mol. The van der Waals surface area contributed by atoms with Crippen molar-refractivity contribution in [3.05, 3.63) is 12.7 Å². The Hall–Kier alpha value is -1.64. The third kappa shape index (κ3) is 2.61. The molecule has 0 radical (unpaired) electrons. The van der Waals surface area contributed by atoms with E-state index in [1.807, 2.05) is 0 Å². The van der Waals surface area contributed by atoms with Gasteiger partial charge in [-0.15, -0.1) is 0 Å². The van der Waals surface area contributed by atoms with E-state index in [4.69, 9.17) is 5.11 Å². The van der Waals surface area contributed by atoms with E-state index in [1.165, 1.54) is 0 Å². The largest absolute Gasteiger partial charge is 0.418 e. The van der Waals surface area contributed by atoms with E-state index in [0.717, 1.165) is 0 Å². The van der Waals surface area contributed by atoms with Crippen LogP contribution >= 0.6 is 0 Å². The summed E-state index contributed by atoms with van der Waals surface area (Å²) in [6, 6.07) is 0. The van der Waals surface area contributed by atoms with Crippen molar-refractivity contribution >= 4 is 5.97 Å². The molecule has 1 fully saturated rings. The van der Waals surface area contributed by atoms with Gasteiger partial charge in [-0.05, 0) is 0 Å². The van der Waals surface area contributed by atoms with E-state index < -0.39 is 66.5 Å². The Balaban J connectivity index is 4.01. The molecule has 15 heteroatoms. The zero-order valence-corrected chi connectivity index (χ0v) is 13.3. The summed E-state index contributed by atoms with van der Waals surface area (Å²) in [6.07, 6.45) is -3.60. The van der Waals surface area contributed by atoms with Gasteiger partial charge in [-0.2, -0.15) is 35.1 Å². The highest BCUT2D eigenvalue weighted by Gasteiger charge is 2.92. The van der Waals surface area contributed by atoms with Gasteiger partial charge in [0.15, 0.2) is 0 Å². The molecule has 0 aliphatic heterocycles. The molecule has 4 atom stereocenters. The molecule has 1 aliphatic rings. The summed E-state index contributed by atoms with van der Waals surface area (Å²) in [5, 5.41) is 18.1. The van der Waals surface area contributed by atoms with Crippen LogP contribution in [0.5, 0.6) is 0 Å². The first-order valence-corrected chi connectivity index (χ1v) is 6.91. The fourth-order valence-corrected chi connectivity index (χ4v) is 2.47. The summed E-state index contributed by atoms with van der Waals surface area (Å²) < 4.78 is 157. The minimum Gasteiger partial charge on any atom is -0.418 e. The molecular weight excluding hydrogens is 429 g/mol. The number of carbonyl (C=O) groups excluding carboxylic acids is 1. The maximum absolute atomic E-state index is 14.6. The van der Waals surface area contributed by atoms with Crippen LogP contribution in [-0.2, 0) is 9.53 Å². The molecule has 0 bridgehead atoms. The highest BCUT2D eigenvalue weighted by Crippen LogP contribution is 2.63.